The van der Waals surface area contributed by atoms with Crippen LogP contribution in [0.4, 0.5) is 26.3 Å². The second-order valence-electron chi connectivity index (χ2n) is 8.34. The molecule has 0 aliphatic rings. The van der Waals surface area contributed by atoms with Crippen molar-refractivity contribution in [2.24, 2.45) is 0 Å². The third-order valence-electron chi connectivity index (χ3n) is 5.94. The molecule has 4 aromatic carbocycles. The minimum absolute atomic E-state index is 0.480. The Morgan fingerprint density at radius 1 is 0.436 bits per heavy atom. The van der Waals surface area contributed by atoms with Crippen LogP contribution < -0.4 is 0 Å². The summed E-state index contributed by atoms with van der Waals surface area (Å²) in [5.74, 6) is 4.95. The van der Waals surface area contributed by atoms with Crippen molar-refractivity contribution in [1.82, 2.24) is 0 Å². The van der Waals surface area contributed by atoms with Crippen LogP contribution in [0.2, 0.25) is 0 Å². The highest BCUT2D eigenvalue weighted by Gasteiger charge is 2.72. The second-order valence-corrected chi connectivity index (χ2v) is 10.6. The maximum absolute atomic E-state index is 14.5. The molecule has 4 rings (SSSR count). The zero-order chi connectivity index (χ0) is 28.3. The molecule has 0 radical (unpaired) electrons. The summed E-state index contributed by atoms with van der Waals surface area (Å²) in [5, 5.41) is 0. The molecule has 0 unspecified atom stereocenters. The monoisotopic (exact) mass is 568 g/mol. The van der Waals surface area contributed by atoms with Gasteiger partial charge in [0.1, 0.15) is 0 Å². The van der Waals surface area contributed by atoms with Gasteiger partial charge in [-0.1, -0.05) is 59.6 Å². The fourth-order valence-electron chi connectivity index (χ4n) is 4.04. The zero-order valence-corrected chi connectivity index (χ0v) is 21.6. The SMILES string of the molecule is C#Cc1ccc(Sc2ccc(C(c3ccc(Sc4ccc(C#C)cc4)cc3)(C(F)(F)F)C(F)(F)F)cc2)cc1. The molecular formula is C31H18F6S2. The van der Waals surface area contributed by atoms with Gasteiger partial charge in [0.25, 0.3) is 0 Å². The van der Waals surface area contributed by atoms with E-state index in [1.54, 1.807) is 48.5 Å². The summed E-state index contributed by atoms with van der Waals surface area (Å²) in [7, 11) is 0. The molecule has 0 bridgehead atoms. The van der Waals surface area contributed by atoms with Crippen molar-refractivity contribution in [2.45, 2.75) is 37.3 Å². The van der Waals surface area contributed by atoms with Gasteiger partial charge in [-0.3, -0.25) is 0 Å². The lowest BCUT2D eigenvalue weighted by atomic mass is 9.73. The van der Waals surface area contributed by atoms with Crippen LogP contribution in [-0.2, 0) is 5.41 Å². The maximum Gasteiger partial charge on any atom is 0.411 e. The molecule has 0 spiro atoms. The molecule has 0 nitrogen and oxygen atoms in total. The maximum atomic E-state index is 14.5. The van der Waals surface area contributed by atoms with E-state index in [0.717, 1.165) is 34.1 Å². The molecule has 8 heteroatoms. The summed E-state index contributed by atoms with van der Waals surface area (Å²) in [6, 6.07) is 22.3. The summed E-state index contributed by atoms with van der Waals surface area (Å²) in [4.78, 5) is 2.43. The lowest BCUT2D eigenvalue weighted by Gasteiger charge is -2.38. The van der Waals surface area contributed by atoms with E-state index in [-0.39, 0.29) is 0 Å². The number of alkyl halides is 6. The predicted octanol–water partition coefficient (Wildman–Crippen LogP) is 9.36. The average Bonchev–Trinajstić information content (AvgIpc) is 2.90. The molecule has 0 amide bonds. The Bertz CT molecular complexity index is 1380. The average molecular weight is 569 g/mol. The van der Waals surface area contributed by atoms with Gasteiger partial charge in [0.2, 0.25) is 5.41 Å². The van der Waals surface area contributed by atoms with Crippen molar-refractivity contribution < 1.29 is 26.3 Å². The quantitative estimate of drug-likeness (QED) is 0.168. The molecule has 0 saturated heterocycles. The highest BCUT2D eigenvalue weighted by molar-refractivity contribution is 7.99. The van der Waals surface area contributed by atoms with E-state index in [9.17, 15) is 26.3 Å². The van der Waals surface area contributed by atoms with Crippen molar-refractivity contribution in [1.29, 1.82) is 0 Å². The van der Waals surface area contributed by atoms with Crippen molar-refractivity contribution in [3.63, 3.8) is 0 Å². The molecule has 196 valence electrons. The Kier molecular flexibility index (Phi) is 8.11. The van der Waals surface area contributed by atoms with Crippen molar-refractivity contribution >= 4 is 23.5 Å². The minimum atomic E-state index is -5.66. The predicted molar refractivity (Wildman–Crippen MR) is 143 cm³/mol. The van der Waals surface area contributed by atoms with Crippen molar-refractivity contribution in [3.05, 3.63) is 119 Å². The summed E-state index contributed by atoms with van der Waals surface area (Å²) in [5.41, 5.74) is -4.74. The fourth-order valence-corrected chi connectivity index (χ4v) is 5.67. The Morgan fingerprint density at radius 3 is 0.923 bits per heavy atom. The first-order valence-electron chi connectivity index (χ1n) is 11.3. The minimum Gasteiger partial charge on any atom is -0.169 e. The van der Waals surface area contributed by atoms with Crippen LogP contribution in [-0.4, -0.2) is 12.4 Å². The van der Waals surface area contributed by atoms with Crippen LogP contribution in [0.15, 0.2) is 117 Å². The lowest BCUT2D eigenvalue weighted by molar-refractivity contribution is -0.288. The van der Waals surface area contributed by atoms with E-state index in [1.165, 1.54) is 47.8 Å². The third-order valence-corrected chi connectivity index (χ3v) is 7.97. The van der Waals surface area contributed by atoms with E-state index in [2.05, 4.69) is 11.8 Å². The first kappa shape index (κ1) is 28.3. The second kappa shape index (κ2) is 11.2. The third kappa shape index (κ3) is 5.83. The fraction of sp³-hybridized carbons (Fsp3) is 0.0968. The van der Waals surface area contributed by atoms with Gasteiger partial charge in [0.05, 0.1) is 0 Å². The topological polar surface area (TPSA) is 0 Å². The molecule has 0 N–H and O–H groups in total. The van der Waals surface area contributed by atoms with E-state index in [4.69, 9.17) is 12.8 Å². The van der Waals surface area contributed by atoms with E-state index in [1.807, 2.05) is 0 Å². The van der Waals surface area contributed by atoms with Gasteiger partial charge in [-0.25, -0.2) is 0 Å². The summed E-state index contributed by atoms with van der Waals surface area (Å²) in [6.45, 7) is 0. The zero-order valence-electron chi connectivity index (χ0n) is 20.0. The highest BCUT2D eigenvalue weighted by atomic mass is 32.2. The molecular weight excluding hydrogens is 550 g/mol. The number of rotatable bonds is 6. The molecule has 0 saturated carbocycles. The van der Waals surface area contributed by atoms with E-state index < -0.39 is 28.9 Å². The van der Waals surface area contributed by atoms with Gasteiger partial charge < -0.3 is 0 Å². The number of terminal acetylenes is 2. The molecule has 39 heavy (non-hydrogen) atoms. The first-order valence-corrected chi connectivity index (χ1v) is 12.9. The Hall–Kier alpha value is -3.72. The van der Waals surface area contributed by atoms with Gasteiger partial charge in [0, 0.05) is 30.7 Å². The molecule has 0 aromatic heterocycles. The molecule has 4 aromatic rings. The largest absolute Gasteiger partial charge is 0.411 e. The number of hydrogen-bond acceptors (Lipinski definition) is 2. The Labute approximate surface area is 230 Å². The van der Waals surface area contributed by atoms with Gasteiger partial charge in [-0.15, -0.1) is 12.8 Å². The van der Waals surface area contributed by atoms with Gasteiger partial charge >= 0.3 is 12.4 Å². The van der Waals surface area contributed by atoms with E-state index >= 15 is 0 Å². The lowest BCUT2D eigenvalue weighted by Crippen LogP contribution is -2.54. The molecule has 0 heterocycles. The van der Waals surface area contributed by atoms with Gasteiger partial charge in [-0.05, 0) is 83.9 Å². The molecule has 0 aliphatic carbocycles. The van der Waals surface area contributed by atoms with Crippen LogP contribution in [0.5, 0.6) is 0 Å². The number of benzene rings is 4. The summed E-state index contributed by atoms with van der Waals surface area (Å²) >= 11 is 2.39. The molecule has 0 aliphatic heterocycles. The summed E-state index contributed by atoms with van der Waals surface area (Å²) < 4.78 is 87.1. The van der Waals surface area contributed by atoms with Crippen LogP contribution in [0, 0.1) is 24.7 Å². The van der Waals surface area contributed by atoms with E-state index in [0.29, 0.717) is 20.9 Å². The summed E-state index contributed by atoms with van der Waals surface area (Å²) in [6.07, 6.45) is -0.658. The van der Waals surface area contributed by atoms with Crippen LogP contribution >= 0.6 is 23.5 Å². The van der Waals surface area contributed by atoms with Gasteiger partial charge in [-0.2, -0.15) is 26.3 Å². The first-order chi connectivity index (χ1) is 18.5. The van der Waals surface area contributed by atoms with Crippen LogP contribution in [0.1, 0.15) is 22.3 Å². The molecule has 0 atom stereocenters. The molecule has 0 fully saturated rings. The number of halogens is 6. The highest BCUT2D eigenvalue weighted by Crippen LogP contribution is 2.56. The Balaban J connectivity index is 1.69. The van der Waals surface area contributed by atoms with Crippen LogP contribution in [0.3, 0.4) is 0 Å². The smallest absolute Gasteiger partial charge is 0.169 e. The van der Waals surface area contributed by atoms with Gasteiger partial charge in [0.15, 0.2) is 0 Å². The standard InChI is InChI=1S/C31H18F6S2/c1-3-21-5-13-25(14-6-21)38-27-17-9-23(10-18-27)29(30(32,33)34,31(35,36)37)24-11-19-28(20-12-24)39-26-15-7-22(4-2)8-16-26/h1-2,5-20H. The van der Waals surface area contributed by atoms with Crippen molar-refractivity contribution in [2.75, 3.05) is 0 Å². The van der Waals surface area contributed by atoms with Crippen LogP contribution in [0.25, 0.3) is 0 Å². The number of hydrogen-bond donors (Lipinski definition) is 0. The normalized spacial score (nSPS) is 12.0. The Morgan fingerprint density at radius 2 is 0.692 bits per heavy atom. The van der Waals surface area contributed by atoms with Crippen molar-refractivity contribution in [3.8, 4) is 24.7 Å².